The molecule has 2 saturated heterocycles. The highest BCUT2D eigenvalue weighted by Crippen LogP contribution is 2.41. The maximum atomic E-state index is 13.8. The van der Waals surface area contributed by atoms with Crippen LogP contribution in [0.3, 0.4) is 0 Å². The van der Waals surface area contributed by atoms with Crippen molar-refractivity contribution < 1.29 is 23.7 Å². The lowest BCUT2D eigenvalue weighted by atomic mass is 9.80. The minimum absolute atomic E-state index is 0.0632. The van der Waals surface area contributed by atoms with E-state index >= 15 is 0 Å². The third-order valence-electron chi connectivity index (χ3n) is 4.56. The third kappa shape index (κ3) is 2.91. The molecule has 3 rings (SSSR count). The van der Waals surface area contributed by atoms with Crippen LogP contribution in [0, 0.1) is 11.7 Å². The molecule has 1 aromatic rings. The van der Waals surface area contributed by atoms with Gasteiger partial charge in [-0.3, -0.25) is 0 Å². The van der Waals surface area contributed by atoms with E-state index in [9.17, 15) is 9.50 Å². The van der Waals surface area contributed by atoms with Crippen LogP contribution in [0.2, 0.25) is 0 Å². The normalized spacial score (nSPS) is 30.5. The molecule has 116 valence electrons. The van der Waals surface area contributed by atoms with E-state index in [0.29, 0.717) is 25.4 Å². The standard InChI is InChI=1S/C16H21FO4/c1-19-14-3-2-11(8-13(14)17)15(18)12-4-6-21-16(9-12)5-7-20-10-16/h2-3,8,12,15,18H,4-7,9-10H2,1H3. The summed E-state index contributed by atoms with van der Waals surface area (Å²) in [5, 5.41) is 10.6. The summed E-state index contributed by atoms with van der Waals surface area (Å²) in [6.07, 6.45) is 1.71. The van der Waals surface area contributed by atoms with Crippen LogP contribution < -0.4 is 4.74 Å². The number of ether oxygens (including phenoxy) is 3. The van der Waals surface area contributed by atoms with Crippen molar-refractivity contribution in [2.75, 3.05) is 26.9 Å². The molecule has 2 aliphatic rings. The Morgan fingerprint density at radius 1 is 1.43 bits per heavy atom. The maximum absolute atomic E-state index is 13.8. The van der Waals surface area contributed by atoms with Crippen LogP contribution in [0.4, 0.5) is 4.39 Å². The second kappa shape index (κ2) is 5.91. The van der Waals surface area contributed by atoms with Crippen LogP contribution in [0.25, 0.3) is 0 Å². The topological polar surface area (TPSA) is 47.9 Å². The Labute approximate surface area is 123 Å². The van der Waals surface area contributed by atoms with Gasteiger partial charge in [-0.05, 0) is 36.5 Å². The average molecular weight is 296 g/mol. The van der Waals surface area contributed by atoms with Crippen molar-refractivity contribution in [3.63, 3.8) is 0 Å². The first-order valence-electron chi connectivity index (χ1n) is 7.37. The van der Waals surface area contributed by atoms with Gasteiger partial charge in [0.1, 0.15) is 0 Å². The Bertz CT molecular complexity index is 499. The Hall–Kier alpha value is -1.17. The molecule has 4 nitrogen and oxygen atoms in total. The molecule has 1 spiro atoms. The molecule has 0 aliphatic carbocycles. The fraction of sp³-hybridized carbons (Fsp3) is 0.625. The lowest BCUT2D eigenvalue weighted by molar-refractivity contribution is -0.117. The molecule has 2 fully saturated rings. The molecule has 0 aromatic heterocycles. The van der Waals surface area contributed by atoms with Gasteiger partial charge in [-0.1, -0.05) is 6.07 Å². The molecule has 2 heterocycles. The van der Waals surface area contributed by atoms with Crippen LogP contribution in [-0.2, 0) is 9.47 Å². The number of aliphatic hydroxyl groups excluding tert-OH is 1. The Morgan fingerprint density at radius 3 is 2.95 bits per heavy atom. The van der Waals surface area contributed by atoms with Gasteiger partial charge in [-0.2, -0.15) is 0 Å². The van der Waals surface area contributed by atoms with Gasteiger partial charge in [0, 0.05) is 19.6 Å². The van der Waals surface area contributed by atoms with Crippen LogP contribution in [0.5, 0.6) is 5.75 Å². The summed E-state index contributed by atoms with van der Waals surface area (Å²) >= 11 is 0. The maximum Gasteiger partial charge on any atom is 0.165 e. The molecule has 0 radical (unpaired) electrons. The molecule has 3 atom stereocenters. The smallest absolute Gasteiger partial charge is 0.165 e. The van der Waals surface area contributed by atoms with Crippen LogP contribution in [-0.4, -0.2) is 37.6 Å². The van der Waals surface area contributed by atoms with Crippen LogP contribution in [0.15, 0.2) is 18.2 Å². The van der Waals surface area contributed by atoms with Gasteiger partial charge in [0.15, 0.2) is 11.6 Å². The summed E-state index contributed by atoms with van der Waals surface area (Å²) in [4.78, 5) is 0. The van der Waals surface area contributed by atoms with E-state index in [1.807, 2.05) is 0 Å². The Balaban J connectivity index is 1.75. The molecule has 3 unspecified atom stereocenters. The van der Waals surface area contributed by atoms with E-state index in [1.165, 1.54) is 13.2 Å². The van der Waals surface area contributed by atoms with Crippen molar-refractivity contribution in [2.24, 2.45) is 5.92 Å². The first-order chi connectivity index (χ1) is 10.1. The van der Waals surface area contributed by atoms with Crippen LogP contribution in [0.1, 0.15) is 30.9 Å². The van der Waals surface area contributed by atoms with E-state index in [-0.39, 0.29) is 17.3 Å². The van der Waals surface area contributed by atoms with Gasteiger partial charge in [-0.15, -0.1) is 0 Å². The summed E-state index contributed by atoms with van der Waals surface area (Å²) in [6, 6.07) is 4.64. The summed E-state index contributed by atoms with van der Waals surface area (Å²) < 4.78 is 30.0. The van der Waals surface area contributed by atoms with Crippen molar-refractivity contribution in [3.8, 4) is 5.75 Å². The first kappa shape index (κ1) is 14.8. The molecule has 5 heteroatoms. The number of benzene rings is 1. The quantitative estimate of drug-likeness (QED) is 0.931. The monoisotopic (exact) mass is 296 g/mol. The fourth-order valence-electron chi connectivity index (χ4n) is 3.34. The molecular formula is C16H21FO4. The first-order valence-corrected chi connectivity index (χ1v) is 7.37. The van der Waals surface area contributed by atoms with Crippen molar-refractivity contribution in [1.29, 1.82) is 0 Å². The summed E-state index contributed by atoms with van der Waals surface area (Å²) in [5.74, 6) is -0.188. The van der Waals surface area contributed by atoms with E-state index in [0.717, 1.165) is 19.3 Å². The largest absolute Gasteiger partial charge is 0.494 e. The predicted molar refractivity (Wildman–Crippen MR) is 74.8 cm³/mol. The number of rotatable bonds is 3. The van der Waals surface area contributed by atoms with Gasteiger partial charge in [0.2, 0.25) is 0 Å². The molecule has 0 amide bonds. The second-order valence-corrected chi connectivity index (χ2v) is 5.93. The van der Waals surface area contributed by atoms with E-state index in [1.54, 1.807) is 12.1 Å². The number of hydrogen-bond donors (Lipinski definition) is 1. The third-order valence-corrected chi connectivity index (χ3v) is 4.56. The molecule has 1 N–H and O–H groups in total. The zero-order valence-electron chi connectivity index (χ0n) is 12.2. The highest BCUT2D eigenvalue weighted by molar-refractivity contribution is 5.30. The van der Waals surface area contributed by atoms with Gasteiger partial charge in [0.05, 0.1) is 25.4 Å². The number of halogens is 1. The van der Waals surface area contributed by atoms with E-state index in [2.05, 4.69) is 0 Å². The minimum atomic E-state index is -0.688. The fourth-order valence-corrected chi connectivity index (χ4v) is 3.34. The van der Waals surface area contributed by atoms with Crippen molar-refractivity contribution in [2.45, 2.75) is 31.0 Å². The van der Waals surface area contributed by atoms with E-state index < -0.39 is 11.9 Å². The highest BCUT2D eigenvalue weighted by Gasteiger charge is 2.43. The number of aliphatic hydroxyl groups is 1. The Kier molecular flexibility index (Phi) is 4.15. The van der Waals surface area contributed by atoms with Gasteiger partial charge in [-0.25, -0.2) is 4.39 Å². The van der Waals surface area contributed by atoms with Crippen molar-refractivity contribution in [3.05, 3.63) is 29.6 Å². The molecule has 1 aromatic carbocycles. The zero-order chi connectivity index (χ0) is 14.9. The molecule has 2 aliphatic heterocycles. The average Bonchev–Trinajstić information content (AvgIpc) is 2.94. The van der Waals surface area contributed by atoms with Crippen LogP contribution >= 0.6 is 0 Å². The zero-order valence-corrected chi connectivity index (χ0v) is 12.2. The Morgan fingerprint density at radius 2 is 2.29 bits per heavy atom. The summed E-state index contributed by atoms with van der Waals surface area (Å²) in [6.45, 7) is 1.91. The SMILES string of the molecule is COc1ccc(C(O)C2CCOC3(CCOC3)C2)cc1F. The predicted octanol–water partition coefficient (Wildman–Crippen LogP) is 2.45. The highest BCUT2D eigenvalue weighted by atomic mass is 19.1. The molecular weight excluding hydrogens is 275 g/mol. The molecule has 0 bridgehead atoms. The number of methoxy groups -OCH3 is 1. The van der Waals surface area contributed by atoms with Gasteiger partial charge < -0.3 is 19.3 Å². The lowest BCUT2D eigenvalue weighted by Gasteiger charge is -2.39. The molecule has 0 saturated carbocycles. The van der Waals surface area contributed by atoms with Crippen molar-refractivity contribution >= 4 is 0 Å². The minimum Gasteiger partial charge on any atom is -0.494 e. The molecule has 21 heavy (non-hydrogen) atoms. The summed E-state index contributed by atoms with van der Waals surface area (Å²) in [5.41, 5.74) is 0.337. The van der Waals surface area contributed by atoms with E-state index in [4.69, 9.17) is 14.2 Å². The van der Waals surface area contributed by atoms with Gasteiger partial charge >= 0.3 is 0 Å². The second-order valence-electron chi connectivity index (χ2n) is 5.93. The number of hydrogen-bond acceptors (Lipinski definition) is 4. The van der Waals surface area contributed by atoms with Gasteiger partial charge in [0.25, 0.3) is 0 Å². The summed E-state index contributed by atoms with van der Waals surface area (Å²) in [7, 11) is 1.43. The van der Waals surface area contributed by atoms with Crippen molar-refractivity contribution in [1.82, 2.24) is 0 Å². The lowest BCUT2D eigenvalue weighted by Crippen LogP contribution is -2.41.